The van der Waals surface area contributed by atoms with Gasteiger partial charge in [-0.1, -0.05) is 42.8 Å². The molecule has 6 nitrogen and oxygen atoms in total. The van der Waals surface area contributed by atoms with Crippen molar-refractivity contribution in [2.45, 2.75) is 58.2 Å². The van der Waals surface area contributed by atoms with Crippen LogP contribution in [-0.2, 0) is 4.79 Å². The lowest BCUT2D eigenvalue weighted by atomic mass is 9.84. The third kappa shape index (κ3) is 3.81. The van der Waals surface area contributed by atoms with Gasteiger partial charge in [-0.25, -0.2) is 0 Å². The molecule has 2 aliphatic rings. The summed E-state index contributed by atoms with van der Waals surface area (Å²) in [6.07, 6.45) is 1.59. The molecule has 1 saturated heterocycles. The third-order valence-corrected chi connectivity index (χ3v) is 7.04. The molecule has 0 radical (unpaired) electrons. The van der Waals surface area contributed by atoms with Crippen LogP contribution in [0.15, 0.2) is 48.5 Å². The first-order valence-electron chi connectivity index (χ1n) is 11.2. The van der Waals surface area contributed by atoms with E-state index in [1.165, 1.54) is 0 Å². The maximum atomic E-state index is 14.1. The molecule has 3 amide bonds. The summed E-state index contributed by atoms with van der Waals surface area (Å²) in [5.74, 6) is -1.22. The number of likely N-dealkylation sites (tertiary alicyclic amines) is 1. The molecule has 2 aromatic rings. The zero-order chi connectivity index (χ0) is 23.9. The Kier molecular flexibility index (Phi) is 6.02. The van der Waals surface area contributed by atoms with Crippen molar-refractivity contribution in [3.8, 4) is 6.07 Å². The molecule has 33 heavy (non-hydrogen) atoms. The molecule has 7 heteroatoms. The Bertz CT molecular complexity index is 1130. The summed E-state index contributed by atoms with van der Waals surface area (Å²) in [4.78, 5) is 43.2. The average Bonchev–Trinajstić information content (AvgIpc) is 3.36. The van der Waals surface area contributed by atoms with Gasteiger partial charge in [-0.05, 0) is 62.9 Å². The van der Waals surface area contributed by atoms with Crippen molar-refractivity contribution >= 4 is 29.3 Å². The second-order valence-corrected chi connectivity index (χ2v) is 9.63. The minimum absolute atomic E-state index is 0.281. The summed E-state index contributed by atoms with van der Waals surface area (Å²) < 4.78 is 0. The van der Waals surface area contributed by atoms with Gasteiger partial charge < -0.3 is 4.90 Å². The van der Waals surface area contributed by atoms with Crippen molar-refractivity contribution in [1.82, 2.24) is 9.80 Å². The van der Waals surface area contributed by atoms with Gasteiger partial charge >= 0.3 is 0 Å². The quantitative estimate of drug-likeness (QED) is 0.584. The van der Waals surface area contributed by atoms with Gasteiger partial charge in [0, 0.05) is 5.02 Å². The van der Waals surface area contributed by atoms with Gasteiger partial charge in [-0.2, -0.15) is 5.26 Å². The Morgan fingerprint density at radius 2 is 1.76 bits per heavy atom. The Hall–Kier alpha value is -3.17. The van der Waals surface area contributed by atoms with Gasteiger partial charge in [0.05, 0.1) is 34.7 Å². The van der Waals surface area contributed by atoms with Crippen LogP contribution in [0.25, 0.3) is 0 Å². The van der Waals surface area contributed by atoms with Gasteiger partial charge in [-0.3, -0.25) is 19.3 Å². The van der Waals surface area contributed by atoms with Gasteiger partial charge in [0.2, 0.25) is 5.91 Å². The number of benzene rings is 2. The number of hydrogen-bond donors (Lipinski definition) is 0. The zero-order valence-electron chi connectivity index (χ0n) is 18.9. The summed E-state index contributed by atoms with van der Waals surface area (Å²) in [5, 5.41) is 10.4. The SMILES string of the molecule is CC[C@H](C(=O)N1[C@H](c2cccc(Cl)c2)CC[C@@H]1C(C)(C)C#N)N1C(=O)c2ccccc2C1=O. The van der Waals surface area contributed by atoms with E-state index in [0.717, 1.165) is 10.5 Å². The molecule has 0 aromatic heterocycles. The monoisotopic (exact) mass is 463 g/mol. The normalized spacial score (nSPS) is 21.2. The van der Waals surface area contributed by atoms with Gasteiger partial charge in [0.25, 0.3) is 11.8 Å². The summed E-state index contributed by atoms with van der Waals surface area (Å²) in [6, 6.07) is 14.7. The van der Waals surface area contributed by atoms with Crippen LogP contribution in [0.3, 0.4) is 0 Å². The van der Waals surface area contributed by atoms with E-state index >= 15 is 0 Å². The standard InChI is InChI=1S/C26H26ClN3O3/c1-4-20(30-23(31)18-10-5-6-11-19(18)24(30)32)25(33)29-21(16-8-7-9-17(27)14-16)12-13-22(29)26(2,3)15-28/h5-11,14,20-22H,4,12-13H2,1-3H3/t20-,21+,22-/m1/s1. The lowest BCUT2D eigenvalue weighted by Crippen LogP contribution is -2.54. The molecule has 2 aliphatic heterocycles. The van der Waals surface area contributed by atoms with Crippen LogP contribution in [0.5, 0.6) is 0 Å². The van der Waals surface area contributed by atoms with Crippen molar-refractivity contribution in [3.05, 3.63) is 70.2 Å². The molecule has 2 heterocycles. The van der Waals surface area contributed by atoms with Gasteiger partial charge in [0.1, 0.15) is 6.04 Å². The van der Waals surface area contributed by atoms with Crippen LogP contribution in [0, 0.1) is 16.7 Å². The second-order valence-electron chi connectivity index (χ2n) is 9.19. The maximum Gasteiger partial charge on any atom is 0.262 e. The number of rotatable bonds is 5. The Morgan fingerprint density at radius 1 is 1.12 bits per heavy atom. The number of halogens is 1. The predicted octanol–water partition coefficient (Wildman–Crippen LogP) is 5.00. The topological polar surface area (TPSA) is 81.5 Å². The average molecular weight is 464 g/mol. The highest BCUT2D eigenvalue weighted by molar-refractivity contribution is 6.30. The summed E-state index contributed by atoms with van der Waals surface area (Å²) in [6.45, 7) is 5.43. The molecule has 0 N–H and O–H groups in total. The Morgan fingerprint density at radius 3 is 2.30 bits per heavy atom. The molecule has 0 saturated carbocycles. The summed E-state index contributed by atoms with van der Waals surface area (Å²) >= 11 is 6.23. The van der Waals surface area contributed by atoms with Crippen molar-refractivity contribution in [2.75, 3.05) is 0 Å². The fraction of sp³-hybridized carbons (Fsp3) is 0.385. The number of hydrogen-bond acceptors (Lipinski definition) is 4. The van der Waals surface area contributed by atoms with Crippen LogP contribution in [0.4, 0.5) is 0 Å². The maximum absolute atomic E-state index is 14.1. The van der Waals surface area contributed by atoms with Crippen molar-refractivity contribution in [1.29, 1.82) is 5.26 Å². The predicted molar refractivity (Wildman–Crippen MR) is 124 cm³/mol. The number of fused-ring (bicyclic) bond motifs is 1. The van der Waals surface area contributed by atoms with E-state index in [2.05, 4.69) is 6.07 Å². The largest absolute Gasteiger partial charge is 0.329 e. The Balaban J connectivity index is 1.75. The highest BCUT2D eigenvalue weighted by Crippen LogP contribution is 2.44. The molecule has 0 aliphatic carbocycles. The lowest BCUT2D eigenvalue weighted by molar-refractivity contribution is -0.140. The van der Waals surface area contributed by atoms with E-state index in [0.29, 0.717) is 29.0 Å². The molecule has 1 fully saturated rings. The fourth-order valence-electron chi connectivity index (χ4n) is 5.07. The first-order chi connectivity index (χ1) is 15.7. The molecular weight excluding hydrogens is 438 g/mol. The zero-order valence-corrected chi connectivity index (χ0v) is 19.7. The van der Waals surface area contributed by atoms with E-state index in [1.807, 2.05) is 32.0 Å². The van der Waals surface area contributed by atoms with Crippen molar-refractivity contribution in [3.63, 3.8) is 0 Å². The minimum Gasteiger partial charge on any atom is -0.329 e. The number of imide groups is 1. The smallest absolute Gasteiger partial charge is 0.262 e. The lowest BCUT2D eigenvalue weighted by Gasteiger charge is -2.39. The Labute approximate surface area is 198 Å². The van der Waals surface area contributed by atoms with Crippen LogP contribution < -0.4 is 0 Å². The number of carbonyl (C=O) groups is 3. The van der Waals surface area contributed by atoms with Crippen molar-refractivity contribution < 1.29 is 14.4 Å². The number of amides is 3. The van der Waals surface area contributed by atoms with E-state index in [1.54, 1.807) is 42.2 Å². The van der Waals surface area contributed by atoms with Crippen molar-refractivity contribution in [2.24, 2.45) is 5.41 Å². The number of carbonyl (C=O) groups excluding carboxylic acids is 3. The van der Waals surface area contributed by atoms with Crippen LogP contribution in [0.2, 0.25) is 5.02 Å². The van der Waals surface area contributed by atoms with E-state index < -0.39 is 23.3 Å². The highest BCUT2D eigenvalue weighted by atomic mass is 35.5. The molecule has 0 unspecified atom stereocenters. The van der Waals surface area contributed by atoms with E-state index in [9.17, 15) is 19.6 Å². The third-order valence-electron chi connectivity index (χ3n) is 6.80. The van der Waals surface area contributed by atoms with E-state index in [4.69, 9.17) is 11.6 Å². The molecule has 0 bridgehead atoms. The molecule has 0 spiro atoms. The first-order valence-corrected chi connectivity index (χ1v) is 11.5. The first kappa shape index (κ1) is 23.0. The number of nitrogens with zero attached hydrogens (tertiary/aromatic N) is 3. The van der Waals surface area contributed by atoms with E-state index in [-0.39, 0.29) is 24.4 Å². The number of nitriles is 1. The van der Waals surface area contributed by atoms with Gasteiger partial charge in [0.15, 0.2) is 0 Å². The molecule has 3 atom stereocenters. The van der Waals surface area contributed by atoms with Crippen LogP contribution >= 0.6 is 11.6 Å². The van der Waals surface area contributed by atoms with Crippen LogP contribution in [0.1, 0.15) is 72.4 Å². The molecule has 170 valence electrons. The second kappa shape index (κ2) is 8.64. The summed E-state index contributed by atoms with van der Waals surface area (Å²) in [7, 11) is 0. The molecule has 2 aromatic carbocycles. The summed E-state index contributed by atoms with van der Waals surface area (Å²) in [5.41, 5.74) is 0.707. The molecule has 4 rings (SSSR count). The highest BCUT2D eigenvalue weighted by Gasteiger charge is 2.50. The fourth-order valence-corrected chi connectivity index (χ4v) is 5.27. The van der Waals surface area contributed by atoms with Crippen LogP contribution in [-0.4, -0.2) is 39.6 Å². The minimum atomic E-state index is -0.950. The molecular formula is C26H26ClN3O3. The van der Waals surface area contributed by atoms with Gasteiger partial charge in [-0.15, -0.1) is 0 Å².